The van der Waals surface area contributed by atoms with Gasteiger partial charge in [0.25, 0.3) is 0 Å². The quantitative estimate of drug-likeness (QED) is 0.222. The van der Waals surface area contributed by atoms with Crippen molar-refractivity contribution < 1.29 is 4.79 Å². The fourth-order valence-corrected chi connectivity index (χ4v) is 2.53. The monoisotopic (exact) mass is 475 g/mol. The first kappa shape index (κ1) is 24.5. The summed E-state index contributed by atoms with van der Waals surface area (Å²) in [5.41, 5.74) is 0.762. The molecule has 0 aliphatic heterocycles. The van der Waals surface area contributed by atoms with Gasteiger partial charge in [0.05, 0.1) is 5.41 Å². The van der Waals surface area contributed by atoms with Gasteiger partial charge in [0.15, 0.2) is 5.96 Å². The summed E-state index contributed by atoms with van der Waals surface area (Å²) in [6.07, 6.45) is 1.00. The number of rotatable bonds is 9. The summed E-state index contributed by atoms with van der Waals surface area (Å²) in [6.45, 7) is 9.30. The smallest absolute Gasteiger partial charge is 0.227 e. The summed E-state index contributed by atoms with van der Waals surface area (Å²) in [7, 11) is 3.40. The van der Waals surface area contributed by atoms with Crippen molar-refractivity contribution in [3.63, 3.8) is 0 Å². The average molecular weight is 475 g/mol. The molecule has 0 heterocycles. The van der Waals surface area contributed by atoms with Gasteiger partial charge in [0.1, 0.15) is 0 Å². The highest BCUT2D eigenvalue weighted by Crippen LogP contribution is 2.13. The Morgan fingerprint density at radius 1 is 1.19 bits per heavy atom. The van der Waals surface area contributed by atoms with E-state index >= 15 is 0 Å². The molecular weight excluding hydrogens is 441 g/mol. The molecule has 0 bridgehead atoms. The largest absolute Gasteiger partial charge is 0.372 e. The number of carbonyl (C=O) groups excluding carboxylic acids is 1. The number of para-hydroxylation sites is 1. The Bertz CT molecular complexity index is 548. The van der Waals surface area contributed by atoms with Crippen LogP contribution in [0.4, 0.5) is 5.69 Å². The number of nitrogens with one attached hydrogen (secondary N) is 3. The van der Waals surface area contributed by atoms with E-state index < -0.39 is 5.41 Å². The van der Waals surface area contributed by atoms with Crippen molar-refractivity contribution in [2.75, 3.05) is 45.2 Å². The molecule has 0 saturated carbocycles. The molecule has 1 rings (SSSR count). The Morgan fingerprint density at radius 2 is 1.85 bits per heavy atom. The Balaban J connectivity index is 0.00000625. The lowest BCUT2D eigenvalue weighted by Crippen LogP contribution is -2.47. The van der Waals surface area contributed by atoms with Crippen molar-refractivity contribution >= 4 is 41.5 Å². The molecule has 1 aromatic rings. The van der Waals surface area contributed by atoms with E-state index in [1.54, 1.807) is 14.1 Å². The number of anilines is 1. The molecule has 1 aromatic carbocycles. The van der Waals surface area contributed by atoms with Crippen LogP contribution in [-0.2, 0) is 4.79 Å². The normalized spacial score (nSPS) is 11.3. The van der Waals surface area contributed by atoms with E-state index in [9.17, 15) is 4.79 Å². The molecule has 0 radical (unpaired) electrons. The Morgan fingerprint density at radius 3 is 2.38 bits per heavy atom. The number of guanidine groups is 1. The first-order valence-electron chi connectivity index (χ1n) is 8.91. The highest BCUT2D eigenvalue weighted by molar-refractivity contribution is 14.0. The Labute approximate surface area is 175 Å². The highest BCUT2D eigenvalue weighted by Gasteiger charge is 2.26. The van der Waals surface area contributed by atoms with E-state index in [0.717, 1.165) is 32.0 Å². The standard InChI is InChI=1S/C19H33N5O.HI/c1-6-24(16-11-8-7-9-12-16)14-10-13-22-18(21-5)23-15-19(2,3)17(25)20-4;/h7-9,11-12H,6,10,13-15H2,1-5H3,(H,20,25)(H2,21,22,23);1H. The molecule has 0 unspecified atom stereocenters. The molecule has 0 aromatic heterocycles. The third-order valence-electron chi connectivity index (χ3n) is 4.16. The van der Waals surface area contributed by atoms with E-state index in [4.69, 9.17) is 0 Å². The van der Waals surface area contributed by atoms with Crippen molar-refractivity contribution in [3.05, 3.63) is 30.3 Å². The summed E-state index contributed by atoms with van der Waals surface area (Å²) in [5.74, 6) is 0.733. The molecule has 0 aliphatic carbocycles. The van der Waals surface area contributed by atoms with Gasteiger partial charge in [0, 0.05) is 46.0 Å². The van der Waals surface area contributed by atoms with Crippen LogP contribution >= 0.6 is 24.0 Å². The molecule has 0 aliphatic rings. The molecule has 148 valence electrons. The summed E-state index contributed by atoms with van der Waals surface area (Å²) in [5, 5.41) is 9.22. The second-order valence-corrected chi connectivity index (χ2v) is 6.58. The van der Waals surface area contributed by atoms with Gasteiger partial charge in [-0.05, 0) is 39.3 Å². The minimum atomic E-state index is -0.487. The minimum Gasteiger partial charge on any atom is -0.372 e. The minimum absolute atomic E-state index is 0. The van der Waals surface area contributed by atoms with E-state index in [0.29, 0.717) is 6.54 Å². The molecule has 0 fully saturated rings. The predicted octanol–water partition coefficient (Wildman–Crippen LogP) is 2.46. The van der Waals surface area contributed by atoms with Crippen molar-refractivity contribution in [2.45, 2.75) is 27.2 Å². The zero-order chi connectivity index (χ0) is 18.7. The molecule has 3 N–H and O–H groups in total. The number of benzene rings is 1. The van der Waals surface area contributed by atoms with Crippen LogP contribution in [0.3, 0.4) is 0 Å². The number of nitrogens with zero attached hydrogens (tertiary/aromatic N) is 2. The van der Waals surface area contributed by atoms with E-state index in [2.05, 4.69) is 57.0 Å². The van der Waals surface area contributed by atoms with Crippen LogP contribution in [0, 0.1) is 5.41 Å². The fourth-order valence-electron chi connectivity index (χ4n) is 2.53. The summed E-state index contributed by atoms with van der Waals surface area (Å²) in [4.78, 5) is 18.4. The summed E-state index contributed by atoms with van der Waals surface area (Å²) in [6, 6.07) is 10.4. The zero-order valence-corrected chi connectivity index (χ0v) is 19.0. The maximum Gasteiger partial charge on any atom is 0.227 e. The fraction of sp³-hybridized carbons (Fsp3) is 0.579. The molecule has 0 spiro atoms. The van der Waals surface area contributed by atoms with Gasteiger partial charge in [-0.15, -0.1) is 24.0 Å². The molecule has 6 nitrogen and oxygen atoms in total. The third kappa shape index (κ3) is 8.25. The number of carbonyl (C=O) groups is 1. The SMILES string of the molecule is CCN(CCCNC(=NC)NCC(C)(C)C(=O)NC)c1ccccc1.I. The van der Waals surface area contributed by atoms with Crippen LogP contribution in [0.15, 0.2) is 35.3 Å². The first-order chi connectivity index (χ1) is 11.9. The van der Waals surface area contributed by atoms with Crippen LogP contribution in [0.25, 0.3) is 0 Å². The van der Waals surface area contributed by atoms with Crippen molar-refractivity contribution in [1.29, 1.82) is 0 Å². The number of halogens is 1. The molecule has 1 amide bonds. The topological polar surface area (TPSA) is 68.8 Å². The maximum atomic E-state index is 11.8. The van der Waals surface area contributed by atoms with E-state index in [1.807, 2.05) is 19.9 Å². The number of amides is 1. The van der Waals surface area contributed by atoms with Crippen LogP contribution in [-0.4, -0.2) is 52.1 Å². The van der Waals surface area contributed by atoms with Gasteiger partial charge in [-0.3, -0.25) is 9.79 Å². The van der Waals surface area contributed by atoms with Crippen LogP contribution in [0.2, 0.25) is 0 Å². The van der Waals surface area contributed by atoms with Gasteiger partial charge < -0.3 is 20.9 Å². The lowest BCUT2D eigenvalue weighted by molar-refractivity contribution is -0.128. The second-order valence-electron chi connectivity index (χ2n) is 6.58. The van der Waals surface area contributed by atoms with Gasteiger partial charge in [-0.1, -0.05) is 18.2 Å². The van der Waals surface area contributed by atoms with Crippen LogP contribution in [0.1, 0.15) is 27.2 Å². The van der Waals surface area contributed by atoms with Crippen molar-refractivity contribution in [2.24, 2.45) is 10.4 Å². The predicted molar refractivity (Wildman–Crippen MR) is 122 cm³/mol. The molecule has 0 saturated heterocycles. The molecule has 0 atom stereocenters. The van der Waals surface area contributed by atoms with E-state index in [1.165, 1.54) is 5.69 Å². The van der Waals surface area contributed by atoms with Crippen LogP contribution < -0.4 is 20.9 Å². The van der Waals surface area contributed by atoms with Gasteiger partial charge in [0.2, 0.25) is 5.91 Å². The summed E-state index contributed by atoms with van der Waals surface area (Å²) >= 11 is 0. The van der Waals surface area contributed by atoms with E-state index in [-0.39, 0.29) is 29.9 Å². The molecular formula is C19H34IN5O. The van der Waals surface area contributed by atoms with Crippen molar-refractivity contribution in [1.82, 2.24) is 16.0 Å². The maximum absolute atomic E-state index is 11.8. The molecule has 7 heteroatoms. The van der Waals surface area contributed by atoms with Gasteiger partial charge in [-0.25, -0.2) is 0 Å². The zero-order valence-electron chi connectivity index (χ0n) is 16.6. The van der Waals surface area contributed by atoms with Crippen molar-refractivity contribution in [3.8, 4) is 0 Å². The number of hydrogen-bond donors (Lipinski definition) is 3. The number of hydrogen-bond acceptors (Lipinski definition) is 3. The Hall–Kier alpha value is -1.51. The Kier molecular flexibility index (Phi) is 12.0. The number of aliphatic imine (C=N–C) groups is 1. The third-order valence-corrected chi connectivity index (χ3v) is 4.16. The highest BCUT2D eigenvalue weighted by atomic mass is 127. The first-order valence-corrected chi connectivity index (χ1v) is 8.91. The lowest BCUT2D eigenvalue weighted by atomic mass is 9.92. The van der Waals surface area contributed by atoms with Crippen LogP contribution in [0.5, 0.6) is 0 Å². The van der Waals surface area contributed by atoms with Gasteiger partial charge in [-0.2, -0.15) is 0 Å². The average Bonchev–Trinajstić information content (AvgIpc) is 2.64. The van der Waals surface area contributed by atoms with Gasteiger partial charge >= 0.3 is 0 Å². The summed E-state index contributed by atoms with van der Waals surface area (Å²) < 4.78 is 0. The second kappa shape index (κ2) is 12.8. The molecule has 26 heavy (non-hydrogen) atoms. The lowest BCUT2D eigenvalue weighted by Gasteiger charge is -2.25.